The third-order valence-corrected chi connectivity index (χ3v) is 4.19. The molecule has 1 aromatic rings. The lowest BCUT2D eigenvalue weighted by Crippen LogP contribution is -2.53. The van der Waals surface area contributed by atoms with Gasteiger partial charge in [0.15, 0.2) is 0 Å². The van der Waals surface area contributed by atoms with E-state index >= 15 is 0 Å². The zero-order chi connectivity index (χ0) is 22.3. The van der Waals surface area contributed by atoms with E-state index in [2.05, 4.69) is 5.32 Å². The summed E-state index contributed by atoms with van der Waals surface area (Å²) in [7, 11) is -1.67. The standard InChI is InChI=1S/C18H21BF3NO7/c1-2-3-7-15(25)28-10-29-17(26)12-6-4-5-11-8-13(19(27)30-16(11)12)23-14(24)9-18(20,21)22/h4-6,13,27H,2-3,7-10H2,1H3,(H,23,24)/t13-/m0/s1. The van der Waals surface area contributed by atoms with Crippen LogP contribution in [0.5, 0.6) is 5.75 Å². The van der Waals surface area contributed by atoms with Gasteiger partial charge in [-0.2, -0.15) is 13.2 Å². The molecule has 0 bridgehead atoms. The molecule has 12 heteroatoms. The number of halogens is 3. The Kier molecular flexibility index (Phi) is 8.10. The normalized spacial score (nSPS) is 15.6. The van der Waals surface area contributed by atoms with Gasteiger partial charge in [0.1, 0.15) is 17.7 Å². The van der Waals surface area contributed by atoms with Crippen LogP contribution in [0.15, 0.2) is 18.2 Å². The molecule has 0 radical (unpaired) electrons. The average molecular weight is 431 g/mol. The largest absolute Gasteiger partial charge is 0.547 e. The number of alkyl halides is 3. The molecule has 0 spiro atoms. The number of esters is 2. The van der Waals surface area contributed by atoms with Crippen LogP contribution in [0.2, 0.25) is 0 Å². The Hall–Kier alpha value is -2.76. The number of rotatable bonds is 8. The number of ether oxygens (including phenoxy) is 2. The number of benzene rings is 1. The first-order chi connectivity index (χ1) is 14.1. The van der Waals surface area contributed by atoms with Gasteiger partial charge in [0, 0.05) is 6.42 Å². The van der Waals surface area contributed by atoms with Crippen molar-refractivity contribution < 1.29 is 46.7 Å². The number of nitrogens with one attached hydrogen (secondary N) is 1. The van der Waals surface area contributed by atoms with Crippen molar-refractivity contribution in [2.75, 3.05) is 6.79 Å². The van der Waals surface area contributed by atoms with Crippen molar-refractivity contribution in [1.82, 2.24) is 5.32 Å². The lowest BCUT2D eigenvalue weighted by molar-refractivity contribution is -0.154. The van der Waals surface area contributed by atoms with Gasteiger partial charge >= 0.3 is 25.2 Å². The second-order valence-electron chi connectivity index (χ2n) is 6.64. The highest BCUT2D eigenvalue weighted by Gasteiger charge is 2.40. The van der Waals surface area contributed by atoms with Crippen LogP contribution in [0.1, 0.15) is 48.5 Å². The van der Waals surface area contributed by atoms with Crippen molar-refractivity contribution in [2.24, 2.45) is 0 Å². The second-order valence-corrected chi connectivity index (χ2v) is 6.64. The summed E-state index contributed by atoms with van der Waals surface area (Å²) >= 11 is 0. The summed E-state index contributed by atoms with van der Waals surface area (Å²) in [4.78, 5) is 35.2. The summed E-state index contributed by atoms with van der Waals surface area (Å²) in [5.74, 6) is -3.84. The van der Waals surface area contributed by atoms with Gasteiger partial charge in [0.05, 0.1) is 5.94 Å². The predicted molar refractivity (Wildman–Crippen MR) is 97.2 cm³/mol. The van der Waals surface area contributed by atoms with Gasteiger partial charge in [-0.3, -0.25) is 9.59 Å². The van der Waals surface area contributed by atoms with Crippen molar-refractivity contribution in [3.8, 4) is 5.75 Å². The highest BCUT2D eigenvalue weighted by Crippen LogP contribution is 2.31. The Bertz CT molecular complexity index is 788. The molecular weight excluding hydrogens is 410 g/mol. The second kappa shape index (κ2) is 10.3. The molecule has 1 atom stereocenters. The monoisotopic (exact) mass is 431 g/mol. The van der Waals surface area contributed by atoms with Gasteiger partial charge in [-0.1, -0.05) is 25.5 Å². The van der Waals surface area contributed by atoms with E-state index < -0.39 is 50.3 Å². The van der Waals surface area contributed by atoms with E-state index in [9.17, 15) is 32.6 Å². The number of hydrogen-bond acceptors (Lipinski definition) is 7. The number of carbonyl (C=O) groups is 3. The van der Waals surface area contributed by atoms with E-state index in [1.165, 1.54) is 18.2 Å². The quantitative estimate of drug-likeness (QED) is 0.368. The molecule has 1 aliphatic rings. The summed E-state index contributed by atoms with van der Waals surface area (Å²) in [6.07, 6.45) is -4.78. The molecule has 0 saturated heterocycles. The Morgan fingerprint density at radius 2 is 2.03 bits per heavy atom. The zero-order valence-electron chi connectivity index (χ0n) is 16.2. The van der Waals surface area contributed by atoms with Crippen molar-refractivity contribution in [1.29, 1.82) is 0 Å². The fourth-order valence-electron chi connectivity index (χ4n) is 2.77. The summed E-state index contributed by atoms with van der Waals surface area (Å²) in [6, 6.07) is 4.37. The van der Waals surface area contributed by atoms with Crippen LogP contribution in [0.4, 0.5) is 13.2 Å². The highest BCUT2D eigenvalue weighted by atomic mass is 19.4. The van der Waals surface area contributed by atoms with Crippen LogP contribution in [-0.4, -0.2) is 48.9 Å². The minimum atomic E-state index is -4.68. The van der Waals surface area contributed by atoms with Gasteiger partial charge in [-0.15, -0.1) is 0 Å². The van der Waals surface area contributed by atoms with Gasteiger partial charge < -0.3 is 24.5 Å². The van der Waals surface area contributed by atoms with E-state index in [-0.39, 0.29) is 24.2 Å². The Morgan fingerprint density at radius 3 is 2.70 bits per heavy atom. The maximum atomic E-state index is 12.3. The maximum Gasteiger partial charge on any atom is 0.547 e. The third-order valence-electron chi connectivity index (χ3n) is 4.19. The molecule has 0 saturated carbocycles. The first-order valence-corrected chi connectivity index (χ1v) is 9.26. The van der Waals surface area contributed by atoms with Crippen LogP contribution in [0.3, 0.4) is 0 Å². The Balaban J connectivity index is 1.99. The van der Waals surface area contributed by atoms with E-state index in [0.29, 0.717) is 12.0 Å². The first-order valence-electron chi connectivity index (χ1n) is 9.26. The van der Waals surface area contributed by atoms with Crippen molar-refractivity contribution in [2.45, 2.75) is 51.1 Å². The fourth-order valence-corrected chi connectivity index (χ4v) is 2.77. The molecule has 164 valence electrons. The Labute approximate surface area is 170 Å². The van der Waals surface area contributed by atoms with E-state index in [4.69, 9.17) is 14.1 Å². The van der Waals surface area contributed by atoms with E-state index in [0.717, 1.165) is 6.42 Å². The van der Waals surface area contributed by atoms with Crippen LogP contribution >= 0.6 is 0 Å². The van der Waals surface area contributed by atoms with E-state index in [1.807, 2.05) is 6.92 Å². The van der Waals surface area contributed by atoms with Crippen LogP contribution in [-0.2, 0) is 25.5 Å². The highest BCUT2D eigenvalue weighted by molar-refractivity contribution is 6.47. The molecule has 1 amide bonds. The molecule has 0 aliphatic carbocycles. The molecule has 8 nitrogen and oxygen atoms in total. The van der Waals surface area contributed by atoms with Gasteiger partial charge in [0.2, 0.25) is 12.7 Å². The minimum absolute atomic E-state index is 0.0198. The number of carbonyl (C=O) groups excluding carboxylic acids is 3. The number of fused-ring (bicyclic) bond motifs is 1. The van der Waals surface area contributed by atoms with Crippen LogP contribution in [0.25, 0.3) is 0 Å². The third kappa shape index (κ3) is 6.94. The predicted octanol–water partition coefficient (Wildman–Crippen LogP) is 1.93. The number of hydrogen-bond donors (Lipinski definition) is 2. The molecule has 0 unspecified atom stereocenters. The minimum Gasteiger partial charge on any atom is -0.534 e. The van der Waals surface area contributed by atoms with Gasteiger partial charge in [0.25, 0.3) is 0 Å². The van der Waals surface area contributed by atoms with Crippen LogP contribution in [0, 0.1) is 0 Å². The van der Waals surface area contributed by atoms with Crippen molar-refractivity contribution >= 4 is 25.0 Å². The van der Waals surface area contributed by atoms with Gasteiger partial charge in [-0.05, 0) is 24.5 Å². The summed E-state index contributed by atoms with van der Waals surface area (Å²) in [5.41, 5.74) is 0.322. The zero-order valence-corrected chi connectivity index (χ0v) is 16.2. The molecule has 2 N–H and O–H groups in total. The topological polar surface area (TPSA) is 111 Å². The fraction of sp³-hybridized carbons (Fsp3) is 0.500. The lowest BCUT2D eigenvalue weighted by atomic mass is 9.72. The molecule has 0 aromatic heterocycles. The number of para-hydroxylation sites is 1. The molecule has 2 rings (SSSR count). The molecule has 1 aromatic carbocycles. The van der Waals surface area contributed by atoms with Crippen molar-refractivity contribution in [3.63, 3.8) is 0 Å². The summed E-state index contributed by atoms with van der Waals surface area (Å²) in [6.45, 7) is 1.32. The van der Waals surface area contributed by atoms with Crippen LogP contribution < -0.4 is 9.97 Å². The Morgan fingerprint density at radius 1 is 1.30 bits per heavy atom. The number of amides is 1. The van der Waals surface area contributed by atoms with E-state index in [1.54, 1.807) is 0 Å². The number of unbranched alkanes of at least 4 members (excludes halogenated alkanes) is 1. The van der Waals surface area contributed by atoms with Gasteiger partial charge in [-0.25, -0.2) is 4.79 Å². The molecular formula is C18H21BF3NO7. The van der Waals surface area contributed by atoms with Crippen molar-refractivity contribution in [3.05, 3.63) is 29.3 Å². The average Bonchev–Trinajstić information content (AvgIpc) is 2.65. The molecule has 1 aliphatic heterocycles. The summed E-state index contributed by atoms with van der Waals surface area (Å²) < 4.78 is 51.9. The SMILES string of the molecule is CCCCC(=O)OCOC(=O)c1cccc2c1OB(O)[C@@H](NC(=O)CC(F)(F)F)C2. The lowest BCUT2D eigenvalue weighted by Gasteiger charge is -2.29. The molecule has 0 fully saturated rings. The summed E-state index contributed by atoms with van der Waals surface area (Å²) in [5, 5.41) is 12.1. The molecule has 1 heterocycles. The first kappa shape index (κ1) is 23.5. The molecule has 30 heavy (non-hydrogen) atoms. The maximum absolute atomic E-state index is 12.3. The smallest absolute Gasteiger partial charge is 0.534 e.